The van der Waals surface area contributed by atoms with E-state index in [1.807, 2.05) is 6.92 Å². The van der Waals surface area contributed by atoms with Crippen LogP contribution >= 0.6 is 0 Å². The number of benzene rings is 1. The number of anilines is 1. The molecule has 1 aromatic rings. The molecule has 1 fully saturated rings. The maximum atomic E-state index is 12.3. The predicted octanol–water partition coefficient (Wildman–Crippen LogP) is 2.22. The number of carbonyl (C=O) groups is 2. The van der Waals surface area contributed by atoms with Crippen molar-refractivity contribution in [1.29, 1.82) is 0 Å². The van der Waals surface area contributed by atoms with Gasteiger partial charge in [0.05, 0.1) is 5.41 Å². The van der Waals surface area contributed by atoms with Crippen molar-refractivity contribution in [3.05, 3.63) is 29.8 Å². The molecule has 1 heterocycles. The van der Waals surface area contributed by atoms with Crippen LogP contribution in [0.4, 0.5) is 5.69 Å². The molecule has 102 valence electrons. The third kappa shape index (κ3) is 3.20. The average Bonchev–Trinajstić information content (AvgIpc) is 2.40. The fourth-order valence-electron chi connectivity index (χ4n) is 2.32. The summed E-state index contributed by atoms with van der Waals surface area (Å²) in [5.41, 5.74) is 1.04. The minimum atomic E-state index is -0.350. The highest BCUT2D eigenvalue weighted by molar-refractivity contribution is 5.97. The fraction of sp³-hybridized carbons (Fsp3) is 0.467. The van der Waals surface area contributed by atoms with Crippen LogP contribution in [0, 0.1) is 5.41 Å². The van der Waals surface area contributed by atoms with Crippen molar-refractivity contribution < 1.29 is 9.59 Å². The fourth-order valence-corrected chi connectivity index (χ4v) is 2.32. The van der Waals surface area contributed by atoms with E-state index in [1.54, 1.807) is 24.3 Å². The number of Topliss-reactive ketones (excluding diaryl/α,β-unsaturated/α-hetero) is 1. The average molecular weight is 260 g/mol. The van der Waals surface area contributed by atoms with Crippen molar-refractivity contribution in [2.24, 2.45) is 5.41 Å². The number of rotatable bonds is 3. The van der Waals surface area contributed by atoms with E-state index in [-0.39, 0.29) is 17.1 Å². The molecule has 1 unspecified atom stereocenters. The lowest BCUT2D eigenvalue weighted by Crippen LogP contribution is -2.46. The normalized spacial score (nSPS) is 22.8. The van der Waals surface area contributed by atoms with Gasteiger partial charge in [0, 0.05) is 17.8 Å². The highest BCUT2D eigenvalue weighted by Gasteiger charge is 2.34. The van der Waals surface area contributed by atoms with Crippen LogP contribution in [0.5, 0.6) is 0 Å². The second-order valence-corrected chi connectivity index (χ2v) is 5.43. The number of piperidine rings is 1. The van der Waals surface area contributed by atoms with Gasteiger partial charge in [0.1, 0.15) is 0 Å². The summed E-state index contributed by atoms with van der Waals surface area (Å²) in [4.78, 5) is 23.5. The van der Waals surface area contributed by atoms with Crippen molar-refractivity contribution in [1.82, 2.24) is 5.32 Å². The first kappa shape index (κ1) is 13.7. The molecule has 2 rings (SSSR count). The summed E-state index contributed by atoms with van der Waals surface area (Å²) >= 11 is 0. The molecule has 0 saturated carbocycles. The second kappa shape index (κ2) is 5.53. The Bertz CT molecular complexity index is 473. The first-order valence-corrected chi connectivity index (χ1v) is 6.64. The van der Waals surface area contributed by atoms with Crippen molar-refractivity contribution in [3.8, 4) is 0 Å². The molecule has 0 aromatic heterocycles. The Morgan fingerprint density at radius 3 is 2.47 bits per heavy atom. The molecule has 1 atom stereocenters. The number of nitrogens with one attached hydrogen (secondary N) is 2. The summed E-state index contributed by atoms with van der Waals surface area (Å²) in [6.45, 7) is 5.21. The maximum absolute atomic E-state index is 12.3. The molecule has 2 N–H and O–H groups in total. The monoisotopic (exact) mass is 260 g/mol. The van der Waals surface area contributed by atoms with Crippen molar-refractivity contribution in [2.45, 2.75) is 26.7 Å². The topological polar surface area (TPSA) is 58.2 Å². The molecule has 1 aromatic carbocycles. The molecule has 1 saturated heterocycles. The lowest BCUT2D eigenvalue weighted by atomic mass is 9.82. The van der Waals surface area contributed by atoms with E-state index < -0.39 is 0 Å². The first-order chi connectivity index (χ1) is 9.01. The van der Waals surface area contributed by atoms with E-state index in [2.05, 4.69) is 10.6 Å². The third-order valence-electron chi connectivity index (χ3n) is 3.69. The van der Waals surface area contributed by atoms with Gasteiger partial charge in [-0.05, 0) is 57.5 Å². The zero-order valence-corrected chi connectivity index (χ0v) is 11.5. The molecule has 1 aliphatic rings. The summed E-state index contributed by atoms with van der Waals surface area (Å²) in [7, 11) is 0. The molecule has 4 heteroatoms. The molecule has 0 aliphatic carbocycles. The Morgan fingerprint density at radius 2 is 1.95 bits per heavy atom. The van der Waals surface area contributed by atoms with Gasteiger partial charge in [-0.1, -0.05) is 0 Å². The Balaban J connectivity index is 2.04. The van der Waals surface area contributed by atoms with E-state index in [9.17, 15) is 9.59 Å². The highest BCUT2D eigenvalue weighted by Crippen LogP contribution is 2.27. The largest absolute Gasteiger partial charge is 0.326 e. The van der Waals surface area contributed by atoms with Gasteiger partial charge in [0.15, 0.2) is 5.78 Å². The summed E-state index contributed by atoms with van der Waals surface area (Å²) < 4.78 is 0. The standard InChI is InChI=1S/C15H20N2O2/c1-11(18)12-4-6-13(7-5-12)17-14(19)15(2)8-3-9-16-10-15/h4-7,16H,3,8-10H2,1-2H3,(H,17,19). The minimum absolute atomic E-state index is 0.0290. The molecule has 0 bridgehead atoms. The molecule has 19 heavy (non-hydrogen) atoms. The Kier molecular flexibility index (Phi) is 4.00. The van der Waals surface area contributed by atoms with Gasteiger partial charge in [-0.2, -0.15) is 0 Å². The molecular weight excluding hydrogens is 240 g/mol. The van der Waals surface area contributed by atoms with Gasteiger partial charge < -0.3 is 10.6 Å². The van der Waals surface area contributed by atoms with E-state index in [0.29, 0.717) is 12.1 Å². The molecule has 0 spiro atoms. The molecule has 0 radical (unpaired) electrons. The van der Waals surface area contributed by atoms with Crippen LogP contribution < -0.4 is 10.6 Å². The number of hydrogen-bond donors (Lipinski definition) is 2. The van der Waals surface area contributed by atoms with Crippen LogP contribution in [-0.4, -0.2) is 24.8 Å². The van der Waals surface area contributed by atoms with Crippen LogP contribution in [0.3, 0.4) is 0 Å². The van der Waals surface area contributed by atoms with Crippen LogP contribution in [0.2, 0.25) is 0 Å². The van der Waals surface area contributed by atoms with Crippen LogP contribution in [0.15, 0.2) is 24.3 Å². The molecule has 4 nitrogen and oxygen atoms in total. The van der Waals surface area contributed by atoms with Crippen molar-refractivity contribution in [3.63, 3.8) is 0 Å². The number of carbonyl (C=O) groups excluding carboxylic acids is 2. The Hall–Kier alpha value is -1.68. The third-order valence-corrected chi connectivity index (χ3v) is 3.69. The maximum Gasteiger partial charge on any atom is 0.231 e. The molecule has 1 amide bonds. The van der Waals surface area contributed by atoms with E-state index in [1.165, 1.54) is 6.92 Å². The minimum Gasteiger partial charge on any atom is -0.326 e. The van der Waals surface area contributed by atoms with Gasteiger partial charge >= 0.3 is 0 Å². The van der Waals surface area contributed by atoms with E-state index in [4.69, 9.17) is 0 Å². The van der Waals surface area contributed by atoms with E-state index in [0.717, 1.165) is 25.1 Å². The first-order valence-electron chi connectivity index (χ1n) is 6.64. The second-order valence-electron chi connectivity index (χ2n) is 5.43. The van der Waals surface area contributed by atoms with Crippen LogP contribution in [0.1, 0.15) is 37.0 Å². The van der Waals surface area contributed by atoms with E-state index >= 15 is 0 Å². The van der Waals surface area contributed by atoms with Crippen molar-refractivity contribution >= 4 is 17.4 Å². The summed E-state index contributed by atoms with van der Waals surface area (Å²) in [6.07, 6.45) is 1.92. The summed E-state index contributed by atoms with van der Waals surface area (Å²) in [6, 6.07) is 7.02. The zero-order chi connectivity index (χ0) is 13.9. The lowest BCUT2D eigenvalue weighted by Gasteiger charge is -2.32. The van der Waals surface area contributed by atoms with Gasteiger partial charge in [-0.15, -0.1) is 0 Å². The number of amides is 1. The van der Waals surface area contributed by atoms with Gasteiger partial charge in [-0.3, -0.25) is 9.59 Å². The smallest absolute Gasteiger partial charge is 0.231 e. The summed E-state index contributed by atoms with van der Waals surface area (Å²) in [5, 5.41) is 6.19. The number of hydrogen-bond acceptors (Lipinski definition) is 3. The van der Waals surface area contributed by atoms with Gasteiger partial charge in [-0.25, -0.2) is 0 Å². The quantitative estimate of drug-likeness (QED) is 0.819. The molecule has 1 aliphatic heterocycles. The zero-order valence-electron chi connectivity index (χ0n) is 11.5. The predicted molar refractivity (Wildman–Crippen MR) is 75.3 cm³/mol. The van der Waals surface area contributed by atoms with Crippen LogP contribution in [0.25, 0.3) is 0 Å². The lowest BCUT2D eigenvalue weighted by molar-refractivity contribution is -0.125. The van der Waals surface area contributed by atoms with Crippen LogP contribution in [-0.2, 0) is 4.79 Å². The van der Waals surface area contributed by atoms with Gasteiger partial charge in [0.2, 0.25) is 5.91 Å². The molecular formula is C15H20N2O2. The highest BCUT2D eigenvalue weighted by atomic mass is 16.2. The Morgan fingerprint density at radius 1 is 1.26 bits per heavy atom. The van der Waals surface area contributed by atoms with Gasteiger partial charge in [0.25, 0.3) is 0 Å². The number of ketones is 1. The SMILES string of the molecule is CC(=O)c1ccc(NC(=O)C2(C)CCCNC2)cc1. The Labute approximate surface area is 113 Å². The summed E-state index contributed by atoms with van der Waals surface area (Å²) in [5.74, 6) is 0.0663. The van der Waals surface area contributed by atoms with Crippen molar-refractivity contribution in [2.75, 3.05) is 18.4 Å².